The SMILES string of the molecule is Cc1c(NS(=O)(=O)c2cc(C(=O)N3CCC(C)(c4cccc(F)c4)C3)cc(Cl)c2Cl)c(=O)n(-c2ccccc2)n1C. The maximum absolute atomic E-state index is 13.9. The summed E-state index contributed by atoms with van der Waals surface area (Å²) in [5.41, 5.74) is 0.495. The molecule has 1 N–H and O–H groups in total. The molecule has 2 heterocycles. The number of halogens is 3. The van der Waals surface area contributed by atoms with Crippen molar-refractivity contribution in [2.24, 2.45) is 7.05 Å². The van der Waals surface area contributed by atoms with Crippen LogP contribution in [0.25, 0.3) is 5.69 Å². The zero-order chi connectivity index (χ0) is 29.7. The number of sulfonamides is 1. The van der Waals surface area contributed by atoms with Gasteiger partial charge in [-0.25, -0.2) is 17.5 Å². The number of carbonyl (C=O) groups excluding carboxylic acids is 1. The van der Waals surface area contributed by atoms with Crippen molar-refractivity contribution in [3.63, 3.8) is 0 Å². The van der Waals surface area contributed by atoms with Crippen molar-refractivity contribution in [3.05, 3.63) is 110 Å². The maximum atomic E-state index is 13.9. The molecule has 3 aromatic carbocycles. The van der Waals surface area contributed by atoms with E-state index in [0.29, 0.717) is 30.9 Å². The lowest BCUT2D eigenvalue weighted by molar-refractivity contribution is 0.0784. The summed E-state index contributed by atoms with van der Waals surface area (Å²) >= 11 is 12.6. The first kappa shape index (κ1) is 28.9. The lowest BCUT2D eigenvalue weighted by Crippen LogP contribution is -2.33. The summed E-state index contributed by atoms with van der Waals surface area (Å²) in [7, 11) is -2.82. The van der Waals surface area contributed by atoms with Crippen LogP contribution in [0.1, 0.15) is 35.0 Å². The predicted octanol–water partition coefficient (Wildman–Crippen LogP) is 5.53. The molecule has 1 aromatic heterocycles. The number of likely N-dealkylation sites (tertiary alicyclic amines) is 1. The molecule has 41 heavy (non-hydrogen) atoms. The molecule has 1 unspecified atom stereocenters. The van der Waals surface area contributed by atoms with Crippen molar-refractivity contribution in [3.8, 4) is 5.69 Å². The Hall–Kier alpha value is -3.60. The van der Waals surface area contributed by atoms with Crippen LogP contribution in [0.4, 0.5) is 10.1 Å². The summed E-state index contributed by atoms with van der Waals surface area (Å²) in [6.45, 7) is 4.25. The minimum Gasteiger partial charge on any atom is -0.338 e. The Morgan fingerprint density at radius 3 is 2.44 bits per heavy atom. The summed E-state index contributed by atoms with van der Waals surface area (Å²) in [4.78, 5) is 28.0. The van der Waals surface area contributed by atoms with E-state index in [1.807, 2.05) is 13.0 Å². The van der Waals surface area contributed by atoms with Crippen molar-refractivity contribution in [1.82, 2.24) is 14.3 Å². The first-order valence-electron chi connectivity index (χ1n) is 12.7. The zero-order valence-electron chi connectivity index (χ0n) is 22.5. The fourth-order valence-electron chi connectivity index (χ4n) is 5.17. The predicted molar refractivity (Wildman–Crippen MR) is 157 cm³/mol. The molecule has 1 fully saturated rings. The Balaban J connectivity index is 1.47. The first-order chi connectivity index (χ1) is 19.3. The average molecular weight is 618 g/mol. The van der Waals surface area contributed by atoms with Gasteiger partial charge in [0.2, 0.25) is 0 Å². The largest absolute Gasteiger partial charge is 0.338 e. The Labute approximate surface area is 246 Å². The molecule has 5 rings (SSSR count). The van der Waals surface area contributed by atoms with Gasteiger partial charge in [-0.1, -0.05) is 60.5 Å². The number of amides is 1. The molecule has 214 valence electrons. The highest BCUT2D eigenvalue weighted by molar-refractivity contribution is 7.92. The third-order valence-corrected chi connectivity index (χ3v) is 9.89. The molecule has 1 saturated heterocycles. The van der Waals surface area contributed by atoms with Crippen LogP contribution in [0.3, 0.4) is 0 Å². The fourth-order valence-corrected chi connectivity index (χ4v) is 7.11. The van der Waals surface area contributed by atoms with Crippen molar-refractivity contribution in [1.29, 1.82) is 0 Å². The van der Waals surface area contributed by atoms with Crippen LogP contribution in [-0.4, -0.2) is 41.7 Å². The van der Waals surface area contributed by atoms with Crippen LogP contribution < -0.4 is 10.3 Å². The highest BCUT2D eigenvalue weighted by Crippen LogP contribution is 2.37. The first-order valence-corrected chi connectivity index (χ1v) is 15.0. The molecule has 1 atom stereocenters. The number of carbonyl (C=O) groups is 1. The van der Waals surface area contributed by atoms with Crippen LogP contribution in [-0.2, 0) is 22.5 Å². The monoisotopic (exact) mass is 616 g/mol. The number of hydrogen-bond acceptors (Lipinski definition) is 4. The van der Waals surface area contributed by atoms with Crippen molar-refractivity contribution >= 4 is 44.8 Å². The van der Waals surface area contributed by atoms with Gasteiger partial charge in [-0.15, -0.1) is 0 Å². The van der Waals surface area contributed by atoms with Gasteiger partial charge in [0.1, 0.15) is 16.4 Å². The minimum atomic E-state index is -4.45. The van der Waals surface area contributed by atoms with Crippen molar-refractivity contribution in [2.45, 2.75) is 30.6 Å². The van der Waals surface area contributed by atoms with Crippen LogP contribution in [0.5, 0.6) is 0 Å². The van der Waals surface area contributed by atoms with Crippen LogP contribution in [0.15, 0.2) is 76.4 Å². The molecule has 1 amide bonds. The number of aromatic nitrogens is 2. The molecule has 1 aliphatic heterocycles. The second kappa shape index (κ2) is 10.7. The highest BCUT2D eigenvalue weighted by Gasteiger charge is 2.38. The Morgan fingerprint density at radius 2 is 1.76 bits per heavy atom. The topological polar surface area (TPSA) is 93.4 Å². The van der Waals surface area contributed by atoms with Gasteiger partial charge in [0.25, 0.3) is 21.5 Å². The normalized spacial score (nSPS) is 17.2. The van der Waals surface area contributed by atoms with E-state index >= 15 is 0 Å². The molecule has 0 spiro atoms. The number of nitrogens with zero attached hydrogens (tertiary/aromatic N) is 3. The Kier molecular flexibility index (Phi) is 7.52. The van der Waals surface area contributed by atoms with Gasteiger partial charge in [0.15, 0.2) is 0 Å². The van der Waals surface area contributed by atoms with Gasteiger partial charge in [-0.05, 0) is 55.3 Å². The smallest absolute Gasteiger partial charge is 0.296 e. The lowest BCUT2D eigenvalue weighted by Gasteiger charge is -2.25. The summed E-state index contributed by atoms with van der Waals surface area (Å²) in [5.74, 6) is -0.799. The number of para-hydroxylation sites is 1. The highest BCUT2D eigenvalue weighted by atomic mass is 35.5. The van der Waals surface area contributed by atoms with Gasteiger partial charge in [-0.2, -0.15) is 0 Å². The lowest BCUT2D eigenvalue weighted by atomic mass is 9.82. The molecule has 12 heteroatoms. The number of anilines is 1. The molecule has 0 bridgehead atoms. The molecular weight excluding hydrogens is 590 g/mol. The molecule has 4 aromatic rings. The van der Waals surface area contributed by atoms with Crippen LogP contribution >= 0.6 is 23.2 Å². The number of benzene rings is 3. The van der Waals surface area contributed by atoms with E-state index in [9.17, 15) is 22.4 Å². The Bertz CT molecular complexity index is 1840. The molecule has 1 aliphatic rings. The fraction of sp³-hybridized carbons (Fsp3) is 0.241. The van der Waals surface area contributed by atoms with Crippen LogP contribution in [0, 0.1) is 12.7 Å². The number of nitrogens with one attached hydrogen (secondary N) is 1. The maximum Gasteiger partial charge on any atom is 0.296 e. The quantitative estimate of drug-likeness (QED) is 0.308. The van der Waals surface area contributed by atoms with E-state index in [4.69, 9.17) is 23.2 Å². The van der Waals surface area contributed by atoms with Crippen molar-refractivity contribution < 1.29 is 17.6 Å². The summed E-state index contributed by atoms with van der Waals surface area (Å²) in [6, 6.07) is 17.5. The second-order valence-electron chi connectivity index (χ2n) is 10.4. The van der Waals surface area contributed by atoms with Gasteiger partial charge < -0.3 is 4.90 Å². The zero-order valence-corrected chi connectivity index (χ0v) is 24.8. The van der Waals surface area contributed by atoms with Gasteiger partial charge in [-0.3, -0.25) is 19.0 Å². The minimum absolute atomic E-state index is 0.0229. The van der Waals surface area contributed by atoms with E-state index in [0.717, 1.165) is 11.6 Å². The summed E-state index contributed by atoms with van der Waals surface area (Å²) < 4.78 is 46.3. The molecule has 8 nitrogen and oxygen atoms in total. The molecular formula is C29H27Cl2FN4O4S. The van der Waals surface area contributed by atoms with E-state index in [2.05, 4.69) is 4.72 Å². The summed E-state index contributed by atoms with van der Waals surface area (Å²) in [5, 5.41) is -0.407. The molecule has 0 radical (unpaired) electrons. The van der Waals surface area contributed by atoms with Gasteiger partial charge >= 0.3 is 0 Å². The van der Waals surface area contributed by atoms with Gasteiger partial charge in [0, 0.05) is 31.1 Å². The summed E-state index contributed by atoms with van der Waals surface area (Å²) in [6.07, 6.45) is 0.594. The van der Waals surface area contributed by atoms with Gasteiger partial charge in [0.05, 0.1) is 21.4 Å². The molecule has 0 aliphatic carbocycles. The van der Waals surface area contributed by atoms with E-state index in [1.165, 1.54) is 27.6 Å². The van der Waals surface area contributed by atoms with Crippen LogP contribution in [0.2, 0.25) is 10.0 Å². The number of hydrogen-bond donors (Lipinski definition) is 1. The second-order valence-corrected chi connectivity index (χ2v) is 12.8. The Morgan fingerprint density at radius 1 is 1.05 bits per heavy atom. The standard InChI is InChI=1S/C29H27Cl2FN4O4S/c1-18-26(28(38)36(34(18)3)22-10-5-4-6-11-22)33-41(39,40)24-15-19(14-23(30)25(24)31)27(37)35-13-12-29(2,17-35)20-8-7-9-21(32)16-20/h4-11,14-16,33H,12-13,17H2,1-3H3. The van der Waals surface area contributed by atoms with E-state index < -0.39 is 31.8 Å². The van der Waals surface area contributed by atoms with Crippen molar-refractivity contribution in [2.75, 3.05) is 17.8 Å². The third kappa shape index (κ3) is 5.27. The number of rotatable bonds is 6. The molecule has 0 saturated carbocycles. The van der Waals surface area contributed by atoms with E-state index in [1.54, 1.807) is 55.3 Å². The average Bonchev–Trinajstić information content (AvgIpc) is 3.44. The van der Waals surface area contributed by atoms with E-state index in [-0.39, 0.29) is 27.1 Å². The third-order valence-electron chi connectivity index (χ3n) is 7.60.